The number of methoxy groups -OCH3 is 2. The van der Waals surface area contributed by atoms with Crippen LogP contribution in [0.4, 0.5) is 5.69 Å². The zero-order valence-electron chi connectivity index (χ0n) is 22.6. The number of amides is 1. The molecule has 9 nitrogen and oxygen atoms in total. The molecule has 3 aromatic rings. The number of sulfonamides is 1. The predicted molar refractivity (Wildman–Crippen MR) is 150 cm³/mol. The highest BCUT2D eigenvalue weighted by Gasteiger charge is 2.28. The van der Waals surface area contributed by atoms with Gasteiger partial charge < -0.3 is 19.5 Å². The number of nitrogens with one attached hydrogen (secondary N) is 1. The van der Waals surface area contributed by atoms with Gasteiger partial charge in [0.2, 0.25) is 5.91 Å². The molecule has 0 unspecified atom stereocenters. The summed E-state index contributed by atoms with van der Waals surface area (Å²) in [6, 6.07) is 19.3. The van der Waals surface area contributed by atoms with Crippen LogP contribution in [0.2, 0.25) is 0 Å². The molecule has 0 atom stereocenters. The molecule has 0 saturated carbocycles. The van der Waals surface area contributed by atoms with Gasteiger partial charge in [-0.15, -0.1) is 0 Å². The summed E-state index contributed by atoms with van der Waals surface area (Å²) in [6.07, 6.45) is 0. The lowest BCUT2D eigenvalue weighted by Gasteiger charge is -2.26. The number of carbonyl (C=O) groups excluding carboxylic acids is 1. The highest BCUT2D eigenvalue weighted by molar-refractivity contribution is 7.92. The van der Waals surface area contributed by atoms with Gasteiger partial charge >= 0.3 is 0 Å². The first-order chi connectivity index (χ1) is 18.8. The van der Waals surface area contributed by atoms with Crippen molar-refractivity contribution in [3.63, 3.8) is 0 Å². The van der Waals surface area contributed by atoms with Crippen molar-refractivity contribution < 1.29 is 27.4 Å². The van der Waals surface area contributed by atoms with E-state index in [1.807, 2.05) is 19.1 Å². The Morgan fingerprint density at radius 3 is 2.21 bits per heavy atom. The van der Waals surface area contributed by atoms with E-state index in [-0.39, 0.29) is 17.1 Å². The van der Waals surface area contributed by atoms with E-state index in [0.717, 1.165) is 48.3 Å². The number of carbonyl (C=O) groups is 1. The van der Waals surface area contributed by atoms with Gasteiger partial charge in [0.1, 0.15) is 6.54 Å². The molecule has 1 amide bonds. The molecule has 1 fully saturated rings. The second-order valence-electron chi connectivity index (χ2n) is 9.35. The number of nitrogens with zero attached hydrogens (tertiary/aromatic N) is 2. The van der Waals surface area contributed by atoms with E-state index in [9.17, 15) is 13.2 Å². The Morgan fingerprint density at radius 2 is 1.56 bits per heavy atom. The summed E-state index contributed by atoms with van der Waals surface area (Å²) in [5.41, 5.74) is 3.33. The Hall–Kier alpha value is -3.60. The lowest BCUT2D eigenvalue weighted by molar-refractivity contribution is -0.119. The molecule has 0 aliphatic carbocycles. The van der Waals surface area contributed by atoms with Gasteiger partial charge in [0.15, 0.2) is 11.5 Å². The van der Waals surface area contributed by atoms with Gasteiger partial charge in [-0.1, -0.05) is 42.0 Å². The molecule has 1 saturated heterocycles. The number of hydrogen-bond acceptors (Lipinski definition) is 7. The topological polar surface area (TPSA) is 97.4 Å². The minimum atomic E-state index is -4.05. The quantitative estimate of drug-likeness (QED) is 0.389. The first-order valence-electron chi connectivity index (χ1n) is 12.8. The largest absolute Gasteiger partial charge is 0.493 e. The molecule has 1 aliphatic heterocycles. The molecule has 39 heavy (non-hydrogen) atoms. The van der Waals surface area contributed by atoms with E-state index >= 15 is 0 Å². The van der Waals surface area contributed by atoms with Crippen molar-refractivity contribution in [3.05, 3.63) is 83.4 Å². The zero-order chi connectivity index (χ0) is 27.8. The molecule has 1 heterocycles. The average molecular weight is 554 g/mol. The lowest BCUT2D eigenvalue weighted by atomic mass is 10.1. The van der Waals surface area contributed by atoms with Gasteiger partial charge in [-0.2, -0.15) is 0 Å². The van der Waals surface area contributed by atoms with Crippen LogP contribution >= 0.6 is 0 Å². The molecule has 0 spiro atoms. The van der Waals surface area contributed by atoms with Crippen LogP contribution in [0.25, 0.3) is 0 Å². The van der Waals surface area contributed by atoms with E-state index < -0.39 is 22.5 Å². The monoisotopic (exact) mass is 553 g/mol. The summed E-state index contributed by atoms with van der Waals surface area (Å²) in [7, 11) is -1.08. The zero-order valence-corrected chi connectivity index (χ0v) is 23.4. The fraction of sp³-hybridized carbons (Fsp3) is 0.345. The van der Waals surface area contributed by atoms with Crippen molar-refractivity contribution in [1.29, 1.82) is 0 Å². The standard InChI is InChI=1S/C29H35N3O6S/c1-22-4-11-26(12-5-22)39(34,35)32(25-10-13-27(36-2)28(18-25)37-3)21-29(33)30-19-23-6-8-24(9-7-23)20-31-14-16-38-17-15-31/h4-13,18H,14-17,19-21H2,1-3H3,(H,30,33). The van der Waals surface area contributed by atoms with Crippen molar-refractivity contribution >= 4 is 21.6 Å². The summed E-state index contributed by atoms with van der Waals surface area (Å²) in [5, 5.41) is 2.86. The van der Waals surface area contributed by atoms with Crippen LogP contribution in [0.15, 0.2) is 71.6 Å². The summed E-state index contributed by atoms with van der Waals surface area (Å²) in [4.78, 5) is 15.5. The fourth-order valence-corrected chi connectivity index (χ4v) is 5.71. The van der Waals surface area contributed by atoms with Crippen molar-refractivity contribution in [1.82, 2.24) is 10.2 Å². The Labute approximate surface area is 230 Å². The van der Waals surface area contributed by atoms with Crippen molar-refractivity contribution in [3.8, 4) is 11.5 Å². The van der Waals surface area contributed by atoms with Crippen LogP contribution in [0, 0.1) is 6.92 Å². The minimum absolute atomic E-state index is 0.0894. The number of anilines is 1. The molecule has 1 N–H and O–H groups in total. The van der Waals surface area contributed by atoms with Crippen LogP contribution in [-0.4, -0.2) is 66.3 Å². The number of benzene rings is 3. The highest BCUT2D eigenvalue weighted by Crippen LogP contribution is 2.33. The van der Waals surface area contributed by atoms with E-state index in [1.54, 1.807) is 30.3 Å². The highest BCUT2D eigenvalue weighted by atomic mass is 32.2. The third-order valence-corrected chi connectivity index (χ3v) is 8.36. The van der Waals surface area contributed by atoms with Gasteiger partial charge in [-0.3, -0.25) is 14.0 Å². The normalized spacial score (nSPS) is 14.0. The van der Waals surface area contributed by atoms with Crippen LogP contribution in [0.5, 0.6) is 11.5 Å². The Kier molecular flexibility index (Phi) is 9.45. The molecule has 0 bridgehead atoms. The number of ether oxygens (including phenoxy) is 3. The molecular weight excluding hydrogens is 518 g/mol. The second-order valence-corrected chi connectivity index (χ2v) is 11.2. The van der Waals surface area contributed by atoms with Gasteiger partial charge in [0.05, 0.1) is 38.0 Å². The molecule has 10 heteroatoms. The number of morpholine rings is 1. The Morgan fingerprint density at radius 1 is 0.923 bits per heavy atom. The first kappa shape index (κ1) is 28.4. The molecule has 1 aliphatic rings. The van der Waals surface area contributed by atoms with Crippen LogP contribution in [-0.2, 0) is 32.6 Å². The molecule has 0 radical (unpaired) electrons. The fourth-order valence-electron chi connectivity index (χ4n) is 4.30. The molecule has 0 aromatic heterocycles. The second kappa shape index (κ2) is 13.0. The van der Waals surface area contributed by atoms with Crippen LogP contribution in [0.3, 0.4) is 0 Å². The molecule has 208 valence electrons. The van der Waals surface area contributed by atoms with E-state index in [1.165, 1.54) is 31.9 Å². The smallest absolute Gasteiger partial charge is 0.264 e. The molecule has 3 aromatic carbocycles. The maximum atomic E-state index is 13.7. The maximum Gasteiger partial charge on any atom is 0.264 e. The lowest BCUT2D eigenvalue weighted by Crippen LogP contribution is -2.40. The average Bonchev–Trinajstić information content (AvgIpc) is 2.96. The predicted octanol–water partition coefficient (Wildman–Crippen LogP) is 3.36. The van der Waals surface area contributed by atoms with Crippen molar-refractivity contribution in [2.75, 3.05) is 51.4 Å². The summed E-state index contributed by atoms with van der Waals surface area (Å²) >= 11 is 0. The van der Waals surface area contributed by atoms with Crippen molar-refractivity contribution in [2.45, 2.75) is 24.9 Å². The van der Waals surface area contributed by atoms with Crippen LogP contribution in [0.1, 0.15) is 16.7 Å². The Balaban J connectivity index is 1.48. The minimum Gasteiger partial charge on any atom is -0.493 e. The summed E-state index contributed by atoms with van der Waals surface area (Å²) in [5.74, 6) is 0.380. The van der Waals surface area contributed by atoms with Crippen molar-refractivity contribution in [2.24, 2.45) is 0 Å². The number of rotatable bonds is 11. The van der Waals surface area contributed by atoms with Gasteiger partial charge in [-0.25, -0.2) is 8.42 Å². The van der Waals surface area contributed by atoms with E-state index in [0.29, 0.717) is 11.5 Å². The number of hydrogen-bond donors (Lipinski definition) is 1. The first-order valence-corrected chi connectivity index (χ1v) is 14.2. The molecular formula is C29H35N3O6S. The number of aryl methyl sites for hydroxylation is 1. The van der Waals surface area contributed by atoms with Crippen LogP contribution < -0.4 is 19.1 Å². The maximum absolute atomic E-state index is 13.7. The SMILES string of the molecule is COc1ccc(N(CC(=O)NCc2ccc(CN3CCOCC3)cc2)S(=O)(=O)c2ccc(C)cc2)cc1OC. The van der Waals surface area contributed by atoms with Gasteiger partial charge in [0, 0.05) is 32.2 Å². The molecule has 4 rings (SSSR count). The van der Waals surface area contributed by atoms with Gasteiger partial charge in [-0.05, 0) is 42.3 Å². The summed E-state index contributed by atoms with van der Waals surface area (Å²) < 4.78 is 44.5. The third-order valence-electron chi connectivity index (χ3n) is 6.57. The van der Waals surface area contributed by atoms with E-state index in [4.69, 9.17) is 14.2 Å². The third kappa shape index (κ3) is 7.29. The van der Waals surface area contributed by atoms with E-state index in [2.05, 4.69) is 22.3 Å². The Bertz CT molecular complexity index is 1350. The van der Waals surface area contributed by atoms with Gasteiger partial charge in [0.25, 0.3) is 10.0 Å². The summed E-state index contributed by atoms with van der Waals surface area (Å²) in [6.45, 7) is 5.95.